The third kappa shape index (κ3) is 3.80. The summed E-state index contributed by atoms with van der Waals surface area (Å²) in [6.07, 6.45) is 0. The van der Waals surface area contributed by atoms with Gasteiger partial charge in [0.2, 0.25) is 10.0 Å². The summed E-state index contributed by atoms with van der Waals surface area (Å²) < 4.78 is 25.7. The lowest BCUT2D eigenvalue weighted by Crippen LogP contribution is -2.22. The zero-order valence-corrected chi connectivity index (χ0v) is 14.5. The number of hydrogen-bond donors (Lipinski definition) is 2. The van der Waals surface area contributed by atoms with Gasteiger partial charge < -0.3 is 5.32 Å². The number of carbonyl (C=O) groups excluding carboxylic acids is 1. The summed E-state index contributed by atoms with van der Waals surface area (Å²) in [5.74, 6) is -0.376. The van der Waals surface area contributed by atoms with Crippen LogP contribution in [0.3, 0.4) is 0 Å². The van der Waals surface area contributed by atoms with Crippen LogP contribution in [0, 0.1) is 0 Å². The van der Waals surface area contributed by atoms with Crippen molar-refractivity contribution in [2.45, 2.75) is 10.8 Å². The summed E-state index contributed by atoms with van der Waals surface area (Å²) >= 11 is 12.9. The van der Waals surface area contributed by atoms with E-state index in [1.165, 1.54) is 13.1 Å². The van der Waals surface area contributed by atoms with E-state index in [1.54, 1.807) is 24.3 Å². The van der Waals surface area contributed by atoms with Gasteiger partial charge in [-0.1, -0.05) is 29.3 Å². The van der Waals surface area contributed by atoms with E-state index in [0.29, 0.717) is 9.90 Å². The summed E-state index contributed by atoms with van der Waals surface area (Å²) in [6, 6.07) is 7.93. The van der Waals surface area contributed by atoms with Gasteiger partial charge in [0.15, 0.2) is 0 Å². The van der Waals surface area contributed by atoms with Crippen molar-refractivity contribution in [3.05, 3.63) is 50.8 Å². The molecule has 0 fully saturated rings. The summed E-state index contributed by atoms with van der Waals surface area (Å²) in [5.41, 5.74) is 0.272. The number of hydrogen-bond acceptors (Lipinski definition) is 4. The van der Waals surface area contributed by atoms with E-state index in [2.05, 4.69) is 10.0 Å². The van der Waals surface area contributed by atoms with Gasteiger partial charge in [0.05, 0.1) is 22.2 Å². The number of nitrogens with one attached hydrogen (secondary N) is 2. The van der Waals surface area contributed by atoms with Crippen molar-refractivity contribution < 1.29 is 13.2 Å². The Balaban J connectivity index is 2.08. The molecule has 2 N–H and O–H groups in total. The molecule has 22 heavy (non-hydrogen) atoms. The first-order chi connectivity index (χ1) is 10.3. The average molecular weight is 379 g/mol. The molecule has 0 spiro atoms. The van der Waals surface area contributed by atoms with Gasteiger partial charge in [-0.05, 0) is 31.3 Å². The molecule has 0 aliphatic carbocycles. The standard InChI is InChI=1S/C13H12Cl2N2O3S2/c1-16-22(19,20)11-6-5-8(21-11)7-17-13(18)9-3-2-4-10(14)12(9)15/h2-6,16H,7H2,1H3,(H,17,18). The van der Waals surface area contributed by atoms with Crippen molar-refractivity contribution in [2.24, 2.45) is 0 Å². The summed E-state index contributed by atoms with van der Waals surface area (Å²) in [6.45, 7) is 0.200. The van der Waals surface area contributed by atoms with E-state index in [9.17, 15) is 13.2 Å². The van der Waals surface area contributed by atoms with E-state index >= 15 is 0 Å². The zero-order valence-electron chi connectivity index (χ0n) is 11.4. The van der Waals surface area contributed by atoms with Crippen molar-refractivity contribution in [3.8, 4) is 0 Å². The molecule has 1 amide bonds. The summed E-state index contributed by atoms with van der Waals surface area (Å²) in [4.78, 5) is 12.8. The molecule has 5 nitrogen and oxygen atoms in total. The highest BCUT2D eigenvalue weighted by atomic mass is 35.5. The van der Waals surface area contributed by atoms with Gasteiger partial charge in [0.25, 0.3) is 5.91 Å². The van der Waals surface area contributed by atoms with Crippen molar-refractivity contribution in [1.82, 2.24) is 10.0 Å². The molecule has 1 heterocycles. The Kier molecular flexibility index (Phi) is 5.46. The van der Waals surface area contributed by atoms with Crippen LogP contribution in [0.15, 0.2) is 34.5 Å². The van der Waals surface area contributed by atoms with Crippen LogP contribution < -0.4 is 10.0 Å². The normalized spacial score (nSPS) is 11.4. The fourth-order valence-electron chi connectivity index (χ4n) is 1.64. The van der Waals surface area contributed by atoms with Crippen LogP contribution in [0.4, 0.5) is 0 Å². The second-order valence-corrected chi connectivity index (χ2v) is 8.28. The Morgan fingerprint density at radius 1 is 1.23 bits per heavy atom. The lowest BCUT2D eigenvalue weighted by Gasteiger charge is -2.06. The highest BCUT2D eigenvalue weighted by Gasteiger charge is 2.16. The van der Waals surface area contributed by atoms with Gasteiger partial charge in [0, 0.05) is 4.88 Å². The number of benzene rings is 1. The number of halogens is 2. The molecule has 0 unspecified atom stereocenters. The molecule has 1 aromatic carbocycles. The van der Waals surface area contributed by atoms with Crippen LogP contribution in [0.5, 0.6) is 0 Å². The second kappa shape index (κ2) is 6.97. The van der Waals surface area contributed by atoms with Gasteiger partial charge in [-0.25, -0.2) is 13.1 Å². The fraction of sp³-hybridized carbons (Fsp3) is 0.154. The number of rotatable bonds is 5. The fourth-order valence-corrected chi connectivity index (χ4v) is 4.16. The molecule has 0 aliphatic heterocycles. The minimum absolute atomic E-state index is 0.186. The van der Waals surface area contributed by atoms with Crippen molar-refractivity contribution >= 4 is 50.5 Å². The maximum absolute atomic E-state index is 12.1. The van der Waals surface area contributed by atoms with E-state index in [4.69, 9.17) is 23.2 Å². The maximum Gasteiger partial charge on any atom is 0.253 e. The molecular formula is C13H12Cl2N2O3S2. The first kappa shape index (κ1) is 17.2. The molecule has 9 heteroatoms. The first-order valence-corrected chi connectivity index (χ1v) is 9.15. The third-order valence-electron chi connectivity index (χ3n) is 2.79. The predicted molar refractivity (Wildman–Crippen MR) is 88.2 cm³/mol. The topological polar surface area (TPSA) is 75.3 Å². The molecule has 0 saturated carbocycles. The van der Waals surface area contributed by atoms with Gasteiger partial charge in [-0.3, -0.25) is 4.79 Å². The van der Waals surface area contributed by atoms with Crippen LogP contribution in [-0.2, 0) is 16.6 Å². The van der Waals surface area contributed by atoms with Gasteiger partial charge in [-0.2, -0.15) is 0 Å². The molecule has 1 aromatic heterocycles. The lowest BCUT2D eigenvalue weighted by atomic mass is 10.2. The van der Waals surface area contributed by atoms with Crippen LogP contribution in [0.25, 0.3) is 0 Å². The Labute approximate surface area is 142 Å². The average Bonchev–Trinajstić information content (AvgIpc) is 2.97. The molecule has 2 aromatic rings. The van der Waals surface area contributed by atoms with E-state index in [0.717, 1.165) is 11.3 Å². The SMILES string of the molecule is CNS(=O)(=O)c1ccc(CNC(=O)c2cccc(Cl)c2Cl)s1. The predicted octanol–water partition coefficient (Wildman–Crippen LogP) is 2.89. The largest absolute Gasteiger partial charge is 0.347 e. The minimum atomic E-state index is -3.46. The Morgan fingerprint density at radius 3 is 2.64 bits per heavy atom. The van der Waals surface area contributed by atoms with Gasteiger partial charge in [0.1, 0.15) is 4.21 Å². The van der Waals surface area contributed by atoms with E-state index in [1.807, 2.05) is 0 Å². The van der Waals surface area contributed by atoms with Crippen molar-refractivity contribution in [3.63, 3.8) is 0 Å². The number of amides is 1. The minimum Gasteiger partial charge on any atom is -0.347 e. The molecule has 0 bridgehead atoms. The Bertz CT molecular complexity index is 803. The van der Waals surface area contributed by atoms with Gasteiger partial charge >= 0.3 is 0 Å². The van der Waals surface area contributed by atoms with Crippen LogP contribution in [0.2, 0.25) is 10.0 Å². The molecular weight excluding hydrogens is 367 g/mol. The smallest absolute Gasteiger partial charge is 0.253 e. The Hall–Kier alpha value is -1.12. The highest BCUT2D eigenvalue weighted by Crippen LogP contribution is 2.26. The van der Waals surface area contributed by atoms with Crippen LogP contribution >= 0.6 is 34.5 Å². The number of sulfonamides is 1. The first-order valence-electron chi connectivity index (χ1n) is 6.09. The van der Waals surface area contributed by atoms with E-state index in [-0.39, 0.29) is 27.2 Å². The van der Waals surface area contributed by atoms with Crippen molar-refractivity contribution in [2.75, 3.05) is 7.05 Å². The van der Waals surface area contributed by atoms with E-state index < -0.39 is 10.0 Å². The summed E-state index contributed by atoms with van der Waals surface area (Å²) in [7, 11) is -2.12. The van der Waals surface area contributed by atoms with Gasteiger partial charge in [-0.15, -0.1) is 11.3 Å². The highest BCUT2D eigenvalue weighted by molar-refractivity contribution is 7.91. The van der Waals surface area contributed by atoms with Crippen molar-refractivity contribution in [1.29, 1.82) is 0 Å². The second-order valence-electron chi connectivity index (χ2n) is 4.21. The quantitative estimate of drug-likeness (QED) is 0.839. The molecule has 118 valence electrons. The molecule has 2 rings (SSSR count). The third-order valence-corrected chi connectivity index (χ3v) is 6.60. The number of thiophene rings is 1. The summed E-state index contributed by atoms with van der Waals surface area (Å²) in [5, 5.41) is 3.16. The monoisotopic (exact) mass is 378 g/mol. The molecule has 0 saturated heterocycles. The molecule has 0 atom stereocenters. The Morgan fingerprint density at radius 2 is 1.95 bits per heavy atom. The number of carbonyl (C=O) groups is 1. The maximum atomic E-state index is 12.1. The van der Waals surface area contributed by atoms with Crippen LogP contribution in [-0.4, -0.2) is 21.4 Å². The molecule has 0 radical (unpaired) electrons. The zero-order chi connectivity index (χ0) is 16.3. The lowest BCUT2D eigenvalue weighted by molar-refractivity contribution is 0.0951. The molecule has 0 aliphatic rings. The van der Waals surface area contributed by atoms with Crippen LogP contribution in [0.1, 0.15) is 15.2 Å².